The number of methoxy groups -OCH3 is 1. The highest BCUT2D eigenvalue weighted by molar-refractivity contribution is 4.84. The van der Waals surface area contributed by atoms with Gasteiger partial charge in [-0.2, -0.15) is 0 Å². The summed E-state index contributed by atoms with van der Waals surface area (Å²) in [7, 11) is 1.74. The Labute approximate surface area is 118 Å². The Hall–Kier alpha value is -0.160. The minimum absolute atomic E-state index is 0.350. The van der Waals surface area contributed by atoms with Crippen LogP contribution >= 0.6 is 0 Å². The van der Waals surface area contributed by atoms with E-state index in [1.807, 2.05) is 0 Å². The van der Waals surface area contributed by atoms with Crippen LogP contribution in [0.15, 0.2) is 0 Å². The summed E-state index contributed by atoms with van der Waals surface area (Å²) in [5.74, 6) is 0.616. The maximum atomic E-state index is 5.76. The lowest BCUT2D eigenvalue weighted by Gasteiger charge is -2.37. The Morgan fingerprint density at radius 3 is 2.58 bits per heavy atom. The monoisotopic (exact) mass is 273 g/mol. The Kier molecular flexibility index (Phi) is 8.62. The first-order chi connectivity index (χ1) is 9.18. The van der Waals surface area contributed by atoms with Crippen molar-refractivity contribution in [3.8, 4) is 0 Å². The predicted octanol–water partition coefficient (Wildman–Crippen LogP) is 2.08. The lowest BCUT2D eigenvalue weighted by Crippen LogP contribution is -2.41. The van der Waals surface area contributed by atoms with E-state index in [1.165, 1.54) is 0 Å². The zero-order chi connectivity index (χ0) is 14.0. The molecule has 0 aromatic carbocycles. The molecule has 4 nitrogen and oxygen atoms in total. The molecule has 0 saturated carbocycles. The van der Waals surface area contributed by atoms with E-state index >= 15 is 0 Å². The fourth-order valence-electron chi connectivity index (χ4n) is 2.46. The molecule has 0 radical (unpaired) electrons. The van der Waals surface area contributed by atoms with E-state index in [0.717, 1.165) is 65.4 Å². The maximum absolute atomic E-state index is 5.76. The van der Waals surface area contributed by atoms with Crippen LogP contribution in [-0.2, 0) is 14.2 Å². The normalized spacial score (nSPS) is 18.9. The zero-order valence-corrected chi connectivity index (χ0v) is 12.9. The van der Waals surface area contributed by atoms with Crippen LogP contribution in [0.1, 0.15) is 33.1 Å². The van der Waals surface area contributed by atoms with Crippen molar-refractivity contribution in [2.24, 2.45) is 11.3 Å². The van der Waals surface area contributed by atoms with Crippen LogP contribution in [-0.4, -0.2) is 53.2 Å². The molecule has 0 aliphatic carbocycles. The topological polar surface area (TPSA) is 39.7 Å². The van der Waals surface area contributed by atoms with Crippen molar-refractivity contribution in [1.29, 1.82) is 0 Å². The predicted molar refractivity (Wildman–Crippen MR) is 77.5 cm³/mol. The first-order valence-corrected chi connectivity index (χ1v) is 7.54. The van der Waals surface area contributed by atoms with Gasteiger partial charge in [-0.25, -0.2) is 0 Å². The van der Waals surface area contributed by atoms with Gasteiger partial charge in [-0.3, -0.25) is 0 Å². The molecule has 1 fully saturated rings. The van der Waals surface area contributed by atoms with Crippen molar-refractivity contribution < 1.29 is 14.2 Å². The quantitative estimate of drug-likeness (QED) is 0.619. The number of nitrogens with one attached hydrogen (secondary N) is 1. The fraction of sp³-hybridized carbons (Fsp3) is 1.00. The van der Waals surface area contributed by atoms with Gasteiger partial charge in [0.15, 0.2) is 0 Å². The molecule has 1 N–H and O–H groups in total. The first kappa shape index (κ1) is 16.9. The summed E-state index contributed by atoms with van der Waals surface area (Å²) in [4.78, 5) is 0. The molecule has 4 heteroatoms. The molecule has 114 valence electrons. The molecule has 0 unspecified atom stereocenters. The van der Waals surface area contributed by atoms with Gasteiger partial charge >= 0.3 is 0 Å². The van der Waals surface area contributed by atoms with Gasteiger partial charge in [0.05, 0.1) is 6.61 Å². The Morgan fingerprint density at radius 2 is 1.95 bits per heavy atom. The number of hydrogen-bond acceptors (Lipinski definition) is 4. The molecule has 1 aliphatic heterocycles. The van der Waals surface area contributed by atoms with Gasteiger partial charge in [0.25, 0.3) is 0 Å². The second kappa shape index (κ2) is 9.70. The van der Waals surface area contributed by atoms with Crippen molar-refractivity contribution in [1.82, 2.24) is 5.32 Å². The number of hydrogen-bond donors (Lipinski definition) is 1. The van der Waals surface area contributed by atoms with Gasteiger partial charge < -0.3 is 19.5 Å². The van der Waals surface area contributed by atoms with Crippen LogP contribution in [0.3, 0.4) is 0 Å². The molecule has 0 atom stereocenters. The van der Waals surface area contributed by atoms with E-state index in [0.29, 0.717) is 11.3 Å². The minimum Gasteiger partial charge on any atom is -0.383 e. The number of ether oxygens (including phenoxy) is 3. The molecule has 0 aromatic rings. The lowest BCUT2D eigenvalue weighted by atomic mass is 9.77. The van der Waals surface area contributed by atoms with Crippen molar-refractivity contribution >= 4 is 0 Å². The van der Waals surface area contributed by atoms with Crippen molar-refractivity contribution in [2.75, 3.05) is 53.2 Å². The standard InChI is InChI=1S/C15H31NO3/c1-14(2)12-19-10-6-15(4-8-18-9-5-15)13-16-7-11-17-3/h14,16H,4-13H2,1-3H3. The van der Waals surface area contributed by atoms with Crippen molar-refractivity contribution in [2.45, 2.75) is 33.1 Å². The van der Waals surface area contributed by atoms with Crippen LogP contribution in [0.25, 0.3) is 0 Å². The summed E-state index contributed by atoms with van der Waals surface area (Å²) in [5.41, 5.74) is 0.350. The summed E-state index contributed by atoms with van der Waals surface area (Å²) >= 11 is 0. The molecular formula is C15H31NO3. The van der Waals surface area contributed by atoms with Gasteiger partial charge in [-0.15, -0.1) is 0 Å². The molecule has 1 aliphatic rings. The Bertz CT molecular complexity index is 215. The summed E-state index contributed by atoms with van der Waals surface area (Å²) in [6.07, 6.45) is 3.40. The average molecular weight is 273 g/mol. The molecule has 0 aromatic heterocycles. The maximum Gasteiger partial charge on any atom is 0.0587 e. The Morgan fingerprint density at radius 1 is 1.21 bits per heavy atom. The molecule has 1 saturated heterocycles. The van der Waals surface area contributed by atoms with Crippen molar-refractivity contribution in [3.63, 3.8) is 0 Å². The van der Waals surface area contributed by atoms with Crippen LogP contribution in [0, 0.1) is 11.3 Å². The SMILES string of the molecule is COCCNCC1(CCOCC(C)C)CCOCC1. The average Bonchev–Trinajstić information content (AvgIpc) is 2.41. The highest BCUT2D eigenvalue weighted by atomic mass is 16.5. The molecule has 1 rings (SSSR count). The molecular weight excluding hydrogens is 242 g/mol. The third kappa shape index (κ3) is 7.25. The fourth-order valence-corrected chi connectivity index (χ4v) is 2.46. The van der Waals surface area contributed by atoms with Crippen molar-refractivity contribution in [3.05, 3.63) is 0 Å². The van der Waals surface area contributed by atoms with Gasteiger partial charge in [0, 0.05) is 46.6 Å². The van der Waals surface area contributed by atoms with Gasteiger partial charge in [0.1, 0.15) is 0 Å². The third-order valence-electron chi connectivity index (χ3n) is 3.76. The van der Waals surface area contributed by atoms with E-state index in [9.17, 15) is 0 Å². The summed E-state index contributed by atoms with van der Waals surface area (Å²) in [6.45, 7) is 10.6. The smallest absolute Gasteiger partial charge is 0.0587 e. The van der Waals surface area contributed by atoms with E-state index in [2.05, 4.69) is 19.2 Å². The van der Waals surface area contributed by atoms with Gasteiger partial charge in [-0.1, -0.05) is 13.8 Å². The van der Waals surface area contributed by atoms with Crippen LogP contribution in [0.4, 0.5) is 0 Å². The summed E-state index contributed by atoms with van der Waals surface area (Å²) in [6, 6.07) is 0. The second-order valence-electron chi connectivity index (χ2n) is 6.00. The number of rotatable bonds is 10. The molecule has 0 amide bonds. The Balaban J connectivity index is 2.28. The van der Waals surface area contributed by atoms with Crippen LogP contribution in [0.5, 0.6) is 0 Å². The van der Waals surface area contributed by atoms with E-state index in [-0.39, 0.29) is 0 Å². The highest BCUT2D eigenvalue weighted by Crippen LogP contribution is 2.33. The van der Waals surface area contributed by atoms with E-state index in [4.69, 9.17) is 14.2 Å². The third-order valence-corrected chi connectivity index (χ3v) is 3.76. The van der Waals surface area contributed by atoms with E-state index in [1.54, 1.807) is 7.11 Å². The van der Waals surface area contributed by atoms with Gasteiger partial charge in [0.2, 0.25) is 0 Å². The molecule has 19 heavy (non-hydrogen) atoms. The second-order valence-corrected chi connectivity index (χ2v) is 6.00. The van der Waals surface area contributed by atoms with Gasteiger partial charge in [-0.05, 0) is 30.6 Å². The van der Waals surface area contributed by atoms with E-state index < -0.39 is 0 Å². The molecule has 0 spiro atoms. The zero-order valence-electron chi connectivity index (χ0n) is 12.9. The highest BCUT2D eigenvalue weighted by Gasteiger charge is 2.31. The summed E-state index contributed by atoms with van der Waals surface area (Å²) < 4.78 is 16.3. The molecule has 1 heterocycles. The van der Waals surface area contributed by atoms with Crippen LogP contribution in [0.2, 0.25) is 0 Å². The largest absolute Gasteiger partial charge is 0.383 e. The molecule has 0 bridgehead atoms. The lowest BCUT2D eigenvalue weighted by molar-refractivity contribution is -0.00905. The summed E-state index contributed by atoms with van der Waals surface area (Å²) in [5, 5.41) is 3.51. The van der Waals surface area contributed by atoms with Crippen LogP contribution < -0.4 is 5.32 Å². The first-order valence-electron chi connectivity index (χ1n) is 7.54. The minimum atomic E-state index is 0.350.